The number of rotatable bonds is 6. The number of nitriles is 1. The Hall–Kier alpha value is -3.97. The van der Waals surface area contributed by atoms with Crippen LogP contribution in [-0.4, -0.2) is 43.5 Å². The lowest BCUT2D eigenvalue weighted by molar-refractivity contribution is -0.148. The van der Waals surface area contributed by atoms with E-state index in [0.29, 0.717) is 25.0 Å². The molecule has 2 aromatic heterocycles. The predicted molar refractivity (Wildman–Crippen MR) is 135 cm³/mol. The SMILES string of the molecule is CCOC(=O)[C@@H]1CCCN(c2nc3c(C)cccn3c(=O)c2/C=C(\C#N)S(=O)(=O)c2ccccc2)C1. The zero-order valence-electron chi connectivity index (χ0n) is 20.0. The number of sulfone groups is 1. The van der Waals surface area contributed by atoms with Gasteiger partial charge in [0.05, 0.1) is 23.0 Å². The first kappa shape index (κ1) is 25.1. The Morgan fingerprint density at radius 1 is 1.25 bits per heavy atom. The summed E-state index contributed by atoms with van der Waals surface area (Å²) in [6, 6.07) is 12.9. The smallest absolute Gasteiger partial charge is 0.310 e. The highest BCUT2D eigenvalue weighted by atomic mass is 32.2. The van der Waals surface area contributed by atoms with Crippen LogP contribution in [0.5, 0.6) is 0 Å². The number of fused-ring (bicyclic) bond motifs is 1. The summed E-state index contributed by atoms with van der Waals surface area (Å²) in [6.07, 6.45) is 3.94. The monoisotopic (exact) mass is 506 g/mol. The minimum atomic E-state index is -4.18. The Bertz CT molecular complexity index is 1540. The van der Waals surface area contributed by atoms with E-state index < -0.39 is 26.2 Å². The summed E-state index contributed by atoms with van der Waals surface area (Å²) in [4.78, 5) is 32.0. The molecule has 1 fully saturated rings. The van der Waals surface area contributed by atoms with Crippen molar-refractivity contribution in [2.24, 2.45) is 5.92 Å². The van der Waals surface area contributed by atoms with E-state index in [9.17, 15) is 23.3 Å². The van der Waals surface area contributed by atoms with Crippen molar-refractivity contribution >= 4 is 33.3 Å². The Balaban J connectivity index is 1.92. The van der Waals surface area contributed by atoms with Crippen LogP contribution in [0.4, 0.5) is 5.82 Å². The maximum Gasteiger partial charge on any atom is 0.310 e. The highest BCUT2D eigenvalue weighted by Crippen LogP contribution is 2.28. The lowest BCUT2D eigenvalue weighted by Crippen LogP contribution is -2.41. The van der Waals surface area contributed by atoms with Gasteiger partial charge in [-0.3, -0.25) is 14.0 Å². The van der Waals surface area contributed by atoms with Crippen LogP contribution in [-0.2, 0) is 19.4 Å². The van der Waals surface area contributed by atoms with Gasteiger partial charge in [-0.05, 0) is 56.5 Å². The van der Waals surface area contributed by atoms with Gasteiger partial charge < -0.3 is 9.64 Å². The van der Waals surface area contributed by atoms with Crippen LogP contribution in [0.1, 0.15) is 30.9 Å². The molecule has 1 aliphatic rings. The van der Waals surface area contributed by atoms with Crippen LogP contribution >= 0.6 is 0 Å². The van der Waals surface area contributed by atoms with Crippen molar-refractivity contribution in [3.05, 3.63) is 75.0 Å². The first-order valence-corrected chi connectivity index (χ1v) is 13.1. The standard InChI is InChI=1S/C26H26N4O5S/c1-3-35-26(32)19-10-8-13-29(17-19)24-22(25(31)30-14-7-9-18(2)23(30)28-24)15-21(16-27)36(33,34)20-11-5-4-6-12-20/h4-7,9,11-12,14-15,19H,3,8,10,13,17H2,1-2H3/b21-15+/t19-/m1/s1. The fraction of sp³-hybridized carbons (Fsp3) is 0.308. The number of aryl methyl sites for hydroxylation is 1. The molecule has 3 aromatic rings. The minimum absolute atomic E-state index is 0.0290. The fourth-order valence-corrected chi connectivity index (χ4v) is 5.48. The van der Waals surface area contributed by atoms with Crippen molar-refractivity contribution < 1.29 is 17.9 Å². The maximum absolute atomic E-state index is 13.6. The second-order valence-corrected chi connectivity index (χ2v) is 10.4. The van der Waals surface area contributed by atoms with E-state index in [1.54, 1.807) is 48.4 Å². The summed E-state index contributed by atoms with van der Waals surface area (Å²) in [5.74, 6) is -0.493. The van der Waals surface area contributed by atoms with Crippen molar-refractivity contribution in [2.75, 3.05) is 24.6 Å². The van der Waals surface area contributed by atoms with Gasteiger partial charge >= 0.3 is 5.97 Å². The molecule has 0 radical (unpaired) electrons. The fourth-order valence-electron chi connectivity index (χ4n) is 4.32. The molecule has 0 unspecified atom stereocenters. The zero-order valence-corrected chi connectivity index (χ0v) is 20.9. The number of benzene rings is 1. The second-order valence-electron chi connectivity index (χ2n) is 8.51. The molecule has 1 aromatic carbocycles. The van der Waals surface area contributed by atoms with Gasteiger partial charge in [0.1, 0.15) is 22.4 Å². The summed E-state index contributed by atoms with van der Waals surface area (Å²) in [6.45, 7) is 4.60. The molecule has 0 aliphatic carbocycles. The molecule has 0 spiro atoms. The number of aromatic nitrogens is 2. The first-order valence-electron chi connectivity index (χ1n) is 11.6. The minimum Gasteiger partial charge on any atom is -0.466 e. The summed E-state index contributed by atoms with van der Waals surface area (Å²) in [5, 5.41) is 9.81. The molecule has 36 heavy (non-hydrogen) atoms. The Labute approximate surface area is 209 Å². The van der Waals surface area contributed by atoms with Gasteiger partial charge in [-0.25, -0.2) is 13.4 Å². The van der Waals surface area contributed by atoms with Crippen molar-refractivity contribution in [2.45, 2.75) is 31.6 Å². The number of carbonyl (C=O) groups is 1. The quantitative estimate of drug-likeness (QED) is 0.369. The topological polar surface area (TPSA) is 122 Å². The molecule has 1 aliphatic heterocycles. The van der Waals surface area contributed by atoms with Crippen LogP contribution < -0.4 is 10.5 Å². The van der Waals surface area contributed by atoms with Gasteiger partial charge in [-0.2, -0.15) is 5.26 Å². The highest BCUT2D eigenvalue weighted by Gasteiger charge is 2.30. The third-order valence-corrected chi connectivity index (χ3v) is 7.81. The molecule has 9 nitrogen and oxygen atoms in total. The average Bonchev–Trinajstić information content (AvgIpc) is 2.89. The second kappa shape index (κ2) is 10.3. The van der Waals surface area contributed by atoms with E-state index in [0.717, 1.165) is 11.6 Å². The van der Waals surface area contributed by atoms with Crippen LogP contribution in [0.15, 0.2) is 63.3 Å². The summed E-state index contributed by atoms with van der Waals surface area (Å²) >= 11 is 0. The van der Waals surface area contributed by atoms with Gasteiger partial charge in [-0.15, -0.1) is 0 Å². The number of esters is 1. The van der Waals surface area contributed by atoms with E-state index in [1.807, 2.05) is 13.0 Å². The van der Waals surface area contributed by atoms with Crippen LogP contribution in [0.2, 0.25) is 0 Å². The van der Waals surface area contributed by atoms with Gasteiger partial charge in [0, 0.05) is 19.3 Å². The predicted octanol–water partition coefficient (Wildman–Crippen LogP) is 3.12. The van der Waals surface area contributed by atoms with E-state index in [4.69, 9.17) is 9.72 Å². The average molecular weight is 507 g/mol. The van der Waals surface area contributed by atoms with Gasteiger partial charge in [0.2, 0.25) is 9.84 Å². The first-order chi connectivity index (χ1) is 17.3. The molecule has 0 bridgehead atoms. The molecular weight excluding hydrogens is 480 g/mol. The lowest BCUT2D eigenvalue weighted by atomic mass is 9.98. The van der Waals surface area contributed by atoms with E-state index >= 15 is 0 Å². The number of nitrogens with zero attached hydrogens (tertiary/aromatic N) is 4. The van der Waals surface area contributed by atoms with E-state index in [1.165, 1.54) is 16.5 Å². The molecule has 0 saturated carbocycles. The number of ether oxygens (including phenoxy) is 1. The van der Waals surface area contributed by atoms with Crippen LogP contribution in [0, 0.1) is 24.2 Å². The summed E-state index contributed by atoms with van der Waals surface area (Å²) < 4.78 is 32.9. The normalized spacial score (nSPS) is 16.5. The third kappa shape index (κ3) is 4.75. The van der Waals surface area contributed by atoms with Gasteiger partial charge in [0.25, 0.3) is 5.56 Å². The zero-order chi connectivity index (χ0) is 25.9. The Kier molecular flexibility index (Phi) is 7.22. The lowest BCUT2D eigenvalue weighted by Gasteiger charge is -2.33. The number of carbonyl (C=O) groups excluding carboxylic acids is 1. The molecule has 4 rings (SSSR count). The Morgan fingerprint density at radius 2 is 2.00 bits per heavy atom. The molecule has 0 N–H and O–H groups in total. The number of pyridine rings is 1. The largest absolute Gasteiger partial charge is 0.466 e. The number of anilines is 1. The molecule has 0 amide bonds. The third-order valence-electron chi connectivity index (χ3n) is 6.13. The number of piperidine rings is 1. The highest BCUT2D eigenvalue weighted by molar-refractivity contribution is 7.95. The number of hydrogen-bond donors (Lipinski definition) is 0. The summed E-state index contributed by atoms with van der Waals surface area (Å²) in [7, 11) is -4.18. The number of hydrogen-bond acceptors (Lipinski definition) is 8. The maximum atomic E-state index is 13.6. The molecule has 3 heterocycles. The molecule has 186 valence electrons. The van der Waals surface area contributed by atoms with Gasteiger partial charge in [-0.1, -0.05) is 24.3 Å². The van der Waals surface area contributed by atoms with Crippen molar-refractivity contribution in [1.82, 2.24) is 9.38 Å². The molecule has 10 heteroatoms. The van der Waals surface area contributed by atoms with Crippen molar-refractivity contribution in [1.29, 1.82) is 5.26 Å². The van der Waals surface area contributed by atoms with Crippen LogP contribution in [0.25, 0.3) is 11.7 Å². The number of allylic oxidation sites excluding steroid dienone is 1. The van der Waals surface area contributed by atoms with Gasteiger partial charge in [0.15, 0.2) is 0 Å². The van der Waals surface area contributed by atoms with Crippen molar-refractivity contribution in [3.63, 3.8) is 0 Å². The van der Waals surface area contributed by atoms with Crippen molar-refractivity contribution in [3.8, 4) is 6.07 Å². The molecular formula is C26H26N4O5S. The Morgan fingerprint density at radius 3 is 2.69 bits per heavy atom. The summed E-state index contributed by atoms with van der Waals surface area (Å²) in [5.41, 5.74) is 0.631. The van der Waals surface area contributed by atoms with E-state index in [-0.39, 0.29) is 35.4 Å². The van der Waals surface area contributed by atoms with E-state index in [2.05, 4.69) is 0 Å². The molecule has 1 atom stereocenters. The molecule has 1 saturated heterocycles. The van der Waals surface area contributed by atoms with Crippen LogP contribution in [0.3, 0.4) is 0 Å².